The minimum Gasteiger partial charge on any atom is -0.0622 e. The van der Waals surface area contributed by atoms with Crippen LogP contribution in [0.2, 0.25) is 0 Å². The van der Waals surface area contributed by atoms with Crippen molar-refractivity contribution in [3.8, 4) is 66.8 Å². The molecule has 2 aliphatic carbocycles. The summed E-state index contributed by atoms with van der Waals surface area (Å²) in [5, 5.41) is 7.56. The van der Waals surface area contributed by atoms with Gasteiger partial charge in [0.2, 0.25) is 0 Å². The van der Waals surface area contributed by atoms with Gasteiger partial charge in [0.15, 0.2) is 0 Å². The molecule has 0 unspecified atom stereocenters. The van der Waals surface area contributed by atoms with Crippen LogP contribution >= 0.6 is 0 Å². The van der Waals surface area contributed by atoms with E-state index in [1.54, 1.807) is 0 Å². The second kappa shape index (κ2) is 12.7. The fraction of sp³-hybridized carbons (Fsp3) is 0.100. The van der Waals surface area contributed by atoms with Crippen molar-refractivity contribution in [1.82, 2.24) is 0 Å². The van der Waals surface area contributed by atoms with E-state index in [2.05, 4.69) is 222 Å². The Morgan fingerprint density at radius 3 is 1.53 bits per heavy atom. The second-order valence-corrected chi connectivity index (χ2v) is 18.0. The van der Waals surface area contributed by atoms with Crippen LogP contribution in [0.25, 0.3) is 99.1 Å². The molecule has 0 heteroatoms. The highest BCUT2D eigenvalue weighted by atomic mass is 14.4. The molecule has 0 saturated heterocycles. The normalized spacial score (nSPS) is 14.3. The van der Waals surface area contributed by atoms with Crippen molar-refractivity contribution in [1.29, 1.82) is 0 Å². The molecule has 60 heavy (non-hydrogen) atoms. The summed E-state index contributed by atoms with van der Waals surface area (Å²) in [6.07, 6.45) is 0. The van der Waals surface area contributed by atoms with Gasteiger partial charge in [-0.1, -0.05) is 204 Å². The zero-order chi connectivity index (χ0) is 40.3. The molecule has 0 aromatic heterocycles. The largest absolute Gasteiger partial charge is 0.0622 e. The van der Waals surface area contributed by atoms with Crippen LogP contribution in [0.3, 0.4) is 0 Å². The molecular formula is C60H44. The van der Waals surface area contributed by atoms with Crippen LogP contribution < -0.4 is 0 Å². The number of hydrogen-bond acceptors (Lipinski definition) is 0. The summed E-state index contributed by atoms with van der Waals surface area (Å²) in [6.45, 7) is 9.49. The van der Waals surface area contributed by atoms with Crippen LogP contribution in [-0.2, 0) is 10.8 Å². The van der Waals surface area contributed by atoms with Gasteiger partial charge in [0, 0.05) is 10.8 Å². The van der Waals surface area contributed by atoms with Gasteiger partial charge in [0.1, 0.15) is 0 Å². The van der Waals surface area contributed by atoms with E-state index >= 15 is 0 Å². The Kier molecular flexibility index (Phi) is 7.42. The van der Waals surface area contributed by atoms with E-state index < -0.39 is 0 Å². The first-order chi connectivity index (χ1) is 29.3. The van der Waals surface area contributed by atoms with Crippen LogP contribution in [0.15, 0.2) is 194 Å². The van der Waals surface area contributed by atoms with Crippen molar-refractivity contribution in [2.75, 3.05) is 0 Å². The topological polar surface area (TPSA) is 0 Å². The molecule has 284 valence electrons. The molecule has 0 heterocycles. The Bertz CT molecular complexity index is 3410. The van der Waals surface area contributed by atoms with E-state index in [1.807, 2.05) is 0 Å². The minimum absolute atomic E-state index is 0.0607. The van der Waals surface area contributed by atoms with E-state index in [0.717, 1.165) is 0 Å². The summed E-state index contributed by atoms with van der Waals surface area (Å²) in [5.41, 5.74) is 20.9. The highest BCUT2D eigenvalue weighted by molar-refractivity contribution is 6.25. The standard InChI is InChI=1S/C60H44/c1-59(2)53-25-15-13-21-45(53)50-35-41(29-33-54(50)59)56-47-22-10-11-23-48(47)58(57-42-19-9-8-18-38(42)26-30-43(57)37-16-6-5-7-17-37)49-32-28-39(34-51(49)56)40-27-31-46-44-20-12-14-24-52(44)60(3,4)55(46)36-40/h5-36H,1-4H3. The van der Waals surface area contributed by atoms with Gasteiger partial charge in [-0.25, -0.2) is 0 Å². The third kappa shape index (κ3) is 4.91. The second-order valence-electron chi connectivity index (χ2n) is 18.0. The molecule has 12 rings (SSSR count). The van der Waals surface area contributed by atoms with E-state index in [0.29, 0.717) is 0 Å². The molecule has 2 aliphatic rings. The van der Waals surface area contributed by atoms with Crippen LogP contribution in [-0.4, -0.2) is 0 Å². The average Bonchev–Trinajstić information content (AvgIpc) is 3.66. The minimum atomic E-state index is -0.0794. The number of rotatable bonds is 4. The van der Waals surface area contributed by atoms with Gasteiger partial charge in [-0.15, -0.1) is 0 Å². The maximum Gasteiger partial charge on any atom is 0.0159 e. The number of benzene rings is 10. The van der Waals surface area contributed by atoms with Crippen molar-refractivity contribution < 1.29 is 0 Å². The molecule has 0 bridgehead atoms. The predicted molar refractivity (Wildman–Crippen MR) is 256 cm³/mol. The van der Waals surface area contributed by atoms with Gasteiger partial charge >= 0.3 is 0 Å². The smallest absolute Gasteiger partial charge is 0.0159 e. The summed E-state index contributed by atoms with van der Waals surface area (Å²) >= 11 is 0. The molecular weight excluding hydrogens is 721 g/mol. The van der Waals surface area contributed by atoms with Crippen molar-refractivity contribution in [3.63, 3.8) is 0 Å². The Morgan fingerprint density at radius 1 is 0.250 bits per heavy atom. The third-order valence-electron chi connectivity index (χ3n) is 14.1. The predicted octanol–water partition coefficient (Wildman–Crippen LogP) is 16.4. The summed E-state index contributed by atoms with van der Waals surface area (Å²) < 4.78 is 0. The van der Waals surface area contributed by atoms with Gasteiger partial charge in [-0.2, -0.15) is 0 Å². The quantitative estimate of drug-likeness (QED) is 0.157. The first-order valence-corrected chi connectivity index (χ1v) is 21.3. The highest BCUT2D eigenvalue weighted by Crippen LogP contribution is 2.54. The zero-order valence-corrected chi connectivity index (χ0v) is 34.5. The molecule has 10 aromatic rings. The van der Waals surface area contributed by atoms with Crippen LogP contribution in [0.1, 0.15) is 49.9 Å². The van der Waals surface area contributed by atoms with Crippen LogP contribution in [0, 0.1) is 0 Å². The lowest BCUT2D eigenvalue weighted by atomic mass is 9.79. The van der Waals surface area contributed by atoms with E-state index in [-0.39, 0.29) is 10.8 Å². The third-order valence-corrected chi connectivity index (χ3v) is 14.1. The lowest BCUT2D eigenvalue weighted by molar-refractivity contribution is 0.660. The highest BCUT2D eigenvalue weighted by Gasteiger charge is 2.37. The van der Waals surface area contributed by atoms with Gasteiger partial charge < -0.3 is 0 Å². The zero-order valence-electron chi connectivity index (χ0n) is 34.5. The molecule has 0 fully saturated rings. The first kappa shape index (κ1) is 35.0. The summed E-state index contributed by atoms with van der Waals surface area (Å²) in [6, 6.07) is 73.3. The lowest BCUT2D eigenvalue weighted by Crippen LogP contribution is -2.14. The summed E-state index contributed by atoms with van der Waals surface area (Å²) in [7, 11) is 0. The van der Waals surface area contributed by atoms with E-state index in [4.69, 9.17) is 0 Å². The van der Waals surface area contributed by atoms with Gasteiger partial charge in [-0.05, 0) is 140 Å². The number of fused-ring (bicyclic) bond motifs is 9. The van der Waals surface area contributed by atoms with Gasteiger partial charge in [-0.3, -0.25) is 0 Å². The molecule has 0 saturated carbocycles. The van der Waals surface area contributed by atoms with Crippen LogP contribution in [0.5, 0.6) is 0 Å². The average molecular weight is 765 g/mol. The molecule has 0 radical (unpaired) electrons. The Morgan fingerprint density at radius 2 is 0.767 bits per heavy atom. The fourth-order valence-electron chi connectivity index (χ4n) is 11.1. The van der Waals surface area contributed by atoms with Crippen LogP contribution in [0.4, 0.5) is 0 Å². The Hall–Kier alpha value is -7.02. The van der Waals surface area contributed by atoms with Gasteiger partial charge in [0.05, 0.1) is 0 Å². The molecule has 0 amide bonds. The molecule has 0 N–H and O–H groups in total. The molecule has 10 aromatic carbocycles. The maximum absolute atomic E-state index is 2.50. The lowest BCUT2D eigenvalue weighted by Gasteiger charge is -2.23. The fourth-order valence-corrected chi connectivity index (χ4v) is 11.1. The maximum atomic E-state index is 2.50. The monoisotopic (exact) mass is 764 g/mol. The van der Waals surface area contributed by atoms with Crippen molar-refractivity contribution in [2.24, 2.45) is 0 Å². The first-order valence-electron chi connectivity index (χ1n) is 21.3. The van der Waals surface area contributed by atoms with Gasteiger partial charge in [0.25, 0.3) is 0 Å². The molecule has 0 atom stereocenters. The number of hydrogen-bond donors (Lipinski definition) is 0. The van der Waals surface area contributed by atoms with Crippen molar-refractivity contribution >= 4 is 32.3 Å². The van der Waals surface area contributed by atoms with Crippen molar-refractivity contribution in [2.45, 2.75) is 38.5 Å². The van der Waals surface area contributed by atoms with E-state index in [1.165, 1.54) is 121 Å². The Labute approximate surface area is 352 Å². The summed E-state index contributed by atoms with van der Waals surface area (Å²) in [5.74, 6) is 0. The van der Waals surface area contributed by atoms with Crippen molar-refractivity contribution in [3.05, 3.63) is 216 Å². The molecule has 0 spiro atoms. The SMILES string of the molecule is CC1(C)c2ccccc2-c2cc(-c3c4ccccc4c(-c4c(-c5ccccc5)ccc5ccccc45)c4ccc(-c5ccc6c(c5)C(C)(C)c5ccccc5-6)cc34)ccc21. The van der Waals surface area contributed by atoms with E-state index in [9.17, 15) is 0 Å². The molecule has 0 nitrogen and oxygen atoms in total. The molecule has 0 aliphatic heterocycles. The Balaban J connectivity index is 1.19. The summed E-state index contributed by atoms with van der Waals surface area (Å²) in [4.78, 5) is 0.